The third-order valence-corrected chi connectivity index (χ3v) is 4.77. The molecule has 1 aromatic rings. The first-order chi connectivity index (χ1) is 8.58. The Morgan fingerprint density at radius 3 is 2.78 bits per heavy atom. The van der Waals surface area contributed by atoms with E-state index in [4.69, 9.17) is 5.84 Å². The van der Waals surface area contributed by atoms with E-state index in [-0.39, 0.29) is 10.9 Å². The first-order valence-corrected chi connectivity index (χ1v) is 7.64. The van der Waals surface area contributed by atoms with E-state index < -0.39 is 10.0 Å². The van der Waals surface area contributed by atoms with Crippen LogP contribution >= 0.6 is 0 Å². The first-order valence-electron chi connectivity index (χ1n) is 6.16. The lowest BCUT2D eigenvalue weighted by Crippen LogP contribution is -2.28. The molecule has 0 saturated heterocycles. The standard InChI is InChI=1S/C12H19N3O2S/c1-2-5-9-8-11(9)15-18(16,17)12-7-4-3-6-10(12)14-13/h3-4,6-7,9,11,14-15H,2,5,8,13H2,1H3. The van der Waals surface area contributed by atoms with Crippen molar-refractivity contribution in [3.05, 3.63) is 24.3 Å². The molecule has 1 aliphatic carbocycles. The quantitative estimate of drug-likeness (QED) is 0.539. The molecule has 4 N–H and O–H groups in total. The summed E-state index contributed by atoms with van der Waals surface area (Å²) in [7, 11) is -3.48. The van der Waals surface area contributed by atoms with Gasteiger partial charge in [-0.1, -0.05) is 25.5 Å². The van der Waals surface area contributed by atoms with Gasteiger partial charge in [0.25, 0.3) is 0 Å². The summed E-state index contributed by atoms with van der Waals surface area (Å²) >= 11 is 0. The van der Waals surface area contributed by atoms with Crippen molar-refractivity contribution in [3.8, 4) is 0 Å². The number of nitrogens with two attached hydrogens (primary N) is 1. The van der Waals surface area contributed by atoms with Crippen LogP contribution in [0.4, 0.5) is 5.69 Å². The van der Waals surface area contributed by atoms with Crippen LogP contribution in [0.2, 0.25) is 0 Å². The molecule has 0 radical (unpaired) electrons. The van der Waals surface area contributed by atoms with E-state index >= 15 is 0 Å². The van der Waals surface area contributed by atoms with Gasteiger partial charge in [0.2, 0.25) is 10.0 Å². The molecule has 0 spiro atoms. The van der Waals surface area contributed by atoms with Crippen molar-refractivity contribution in [2.45, 2.75) is 37.1 Å². The number of rotatable bonds is 6. The Bertz CT molecular complexity index is 516. The maximum atomic E-state index is 12.2. The summed E-state index contributed by atoms with van der Waals surface area (Å²) < 4.78 is 27.1. The highest BCUT2D eigenvalue weighted by molar-refractivity contribution is 7.89. The summed E-state index contributed by atoms with van der Waals surface area (Å²) in [5.74, 6) is 5.82. The molecule has 100 valence electrons. The second-order valence-electron chi connectivity index (χ2n) is 4.65. The van der Waals surface area contributed by atoms with Gasteiger partial charge in [-0.25, -0.2) is 13.1 Å². The predicted molar refractivity (Wildman–Crippen MR) is 71.4 cm³/mol. The molecule has 1 fully saturated rings. The number of anilines is 1. The number of benzene rings is 1. The number of para-hydroxylation sites is 1. The summed E-state index contributed by atoms with van der Waals surface area (Å²) in [6, 6.07) is 6.71. The lowest BCUT2D eigenvalue weighted by Gasteiger charge is -2.10. The van der Waals surface area contributed by atoms with Gasteiger partial charge in [-0.3, -0.25) is 5.84 Å². The molecule has 5 nitrogen and oxygen atoms in total. The molecule has 1 aromatic carbocycles. The topological polar surface area (TPSA) is 84.2 Å². The molecule has 1 aliphatic rings. The predicted octanol–water partition coefficient (Wildman–Crippen LogP) is 1.44. The highest BCUT2D eigenvalue weighted by atomic mass is 32.2. The van der Waals surface area contributed by atoms with Gasteiger partial charge in [-0.15, -0.1) is 0 Å². The fourth-order valence-electron chi connectivity index (χ4n) is 2.16. The lowest BCUT2D eigenvalue weighted by atomic mass is 10.2. The van der Waals surface area contributed by atoms with Crippen molar-refractivity contribution in [2.75, 3.05) is 5.43 Å². The Balaban J connectivity index is 2.12. The smallest absolute Gasteiger partial charge is 0.242 e. The molecular formula is C12H19N3O2S. The largest absolute Gasteiger partial charge is 0.323 e. The van der Waals surface area contributed by atoms with E-state index in [1.807, 2.05) is 0 Å². The van der Waals surface area contributed by atoms with Gasteiger partial charge >= 0.3 is 0 Å². The first kappa shape index (κ1) is 13.3. The van der Waals surface area contributed by atoms with Crippen LogP contribution in [0.1, 0.15) is 26.2 Å². The van der Waals surface area contributed by atoms with Crippen LogP contribution in [0, 0.1) is 5.92 Å². The average Bonchev–Trinajstić information content (AvgIpc) is 3.07. The van der Waals surface area contributed by atoms with Gasteiger partial charge < -0.3 is 5.43 Å². The number of hydrogen-bond donors (Lipinski definition) is 3. The molecule has 0 aliphatic heterocycles. The van der Waals surface area contributed by atoms with Crippen molar-refractivity contribution >= 4 is 15.7 Å². The SMILES string of the molecule is CCCC1CC1NS(=O)(=O)c1ccccc1NN. The monoisotopic (exact) mass is 269 g/mol. The number of nitrogens with one attached hydrogen (secondary N) is 2. The van der Waals surface area contributed by atoms with Crippen LogP contribution in [0.3, 0.4) is 0 Å². The molecule has 0 heterocycles. The molecule has 0 bridgehead atoms. The molecular weight excluding hydrogens is 250 g/mol. The average molecular weight is 269 g/mol. The Morgan fingerprint density at radius 2 is 2.11 bits per heavy atom. The summed E-state index contributed by atoms with van der Waals surface area (Å²) in [5, 5.41) is 0. The van der Waals surface area contributed by atoms with Crippen molar-refractivity contribution in [1.29, 1.82) is 0 Å². The van der Waals surface area contributed by atoms with Gasteiger partial charge in [0.05, 0.1) is 5.69 Å². The second-order valence-corrected chi connectivity index (χ2v) is 6.34. The van der Waals surface area contributed by atoms with E-state index in [1.54, 1.807) is 24.3 Å². The molecule has 2 unspecified atom stereocenters. The number of hydrogen-bond acceptors (Lipinski definition) is 4. The van der Waals surface area contributed by atoms with Crippen LogP contribution in [0.15, 0.2) is 29.2 Å². The van der Waals surface area contributed by atoms with Crippen molar-refractivity contribution in [1.82, 2.24) is 4.72 Å². The van der Waals surface area contributed by atoms with Crippen LogP contribution in [-0.4, -0.2) is 14.5 Å². The Morgan fingerprint density at radius 1 is 1.39 bits per heavy atom. The van der Waals surface area contributed by atoms with Crippen LogP contribution < -0.4 is 16.0 Å². The highest BCUT2D eigenvalue weighted by Crippen LogP contribution is 2.36. The molecule has 6 heteroatoms. The van der Waals surface area contributed by atoms with Gasteiger partial charge in [-0.05, 0) is 30.9 Å². The zero-order valence-electron chi connectivity index (χ0n) is 10.4. The molecule has 18 heavy (non-hydrogen) atoms. The van der Waals surface area contributed by atoms with Crippen molar-refractivity contribution in [3.63, 3.8) is 0 Å². The van der Waals surface area contributed by atoms with Gasteiger partial charge in [0.1, 0.15) is 4.90 Å². The molecule has 2 atom stereocenters. The molecule has 2 rings (SSSR count). The Hall–Kier alpha value is -1.11. The third-order valence-electron chi connectivity index (χ3n) is 3.22. The summed E-state index contributed by atoms with van der Waals surface area (Å²) in [6.07, 6.45) is 3.10. The maximum absolute atomic E-state index is 12.2. The summed E-state index contributed by atoms with van der Waals surface area (Å²) in [6.45, 7) is 2.11. The molecule has 0 aromatic heterocycles. The molecule has 0 amide bonds. The zero-order valence-corrected chi connectivity index (χ0v) is 11.2. The summed E-state index contributed by atoms with van der Waals surface area (Å²) in [4.78, 5) is 0.203. The Labute approximate surface area is 108 Å². The van der Waals surface area contributed by atoms with Crippen LogP contribution in [0.25, 0.3) is 0 Å². The van der Waals surface area contributed by atoms with E-state index in [2.05, 4.69) is 17.1 Å². The number of sulfonamides is 1. The lowest BCUT2D eigenvalue weighted by molar-refractivity contribution is 0.573. The highest BCUT2D eigenvalue weighted by Gasteiger charge is 2.39. The third kappa shape index (κ3) is 2.82. The van der Waals surface area contributed by atoms with E-state index in [0.717, 1.165) is 19.3 Å². The van der Waals surface area contributed by atoms with Crippen molar-refractivity contribution in [2.24, 2.45) is 11.8 Å². The number of nitrogen functional groups attached to an aromatic ring is 1. The van der Waals surface area contributed by atoms with Crippen molar-refractivity contribution < 1.29 is 8.42 Å². The van der Waals surface area contributed by atoms with Crippen LogP contribution in [0.5, 0.6) is 0 Å². The van der Waals surface area contributed by atoms with E-state index in [0.29, 0.717) is 11.6 Å². The van der Waals surface area contributed by atoms with E-state index in [1.165, 1.54) is 0 Å². The van der Waals surface area contributed by atoms with Gasteiger partial charge in [-0.2, -0.15) is 0 Å². The second kappa shape index (κ2) is 5.26. The molecule has 1 saturated carbocycles. The normalized spacial score (nSPS) is 22.8. The minimum absolute atomic E-state index is 0.0841. The Kier molecular flexibility index (Phi) is 3.89. The summed E-state index contributed by atoms with van der Waals surface area (Å²) in [5.41, 5.74) is 2.83. The zero-order chi connectivity index (χ0) is 13.2. The maximum Gasteiger partial charge on any atom is 0.242 e. The van der Waals surface area contributed by atoms with Crippen LogP contribution in [-0.2, 0) is 10.0 Å². The minimum Gasteiger partial charge on any atom is -0.323 e. The number of hydrazine groups is 1. The fraction of sp³-hybridized carbons (Fsp3) is 0.500. The van der Waals surface area contributed by atoms with Gasteiger partial charge in [0.15, 0.2) is 0 Å². The van der Waals surface area contributed by atoms with E-state index in [9.17, 15) is 8.42 Å². The van der Waals surface area contributed by atoms with Gasteiger partial charge in [0, 0.05) is 6.04 Å². The fourth-order valence-corrected chi connectivity index (χ4v) is 3.65. The minimum atomic E-state index is -3.48.